The number of nitrogens with one attached hydrogen (secondary N) is 1. The van der Waals surface area contributed by atoms with Crippen molar-refractivity contribution in [1.29, 1.82) is 0 Å². The average Bonchev–Trinajstić information content (AvgIpc) is 2.48. The van der Waals surface area contributed by atoms with E-state index in [1.165, 1.54) is 18.4 Å². The Morgan fingerprint density at radius 2 is 2.00 bits per heavy atom. The Morgan fingerprint density at radius 1 is 1.25 bits per heavy atom. The summed E-state index contributed by atoms with van der Waals surface area (Å²) in [7, 11) is 2.18. The van der Waals surface area contributed by atoms with Gasteiger partial charge in [-0.05, 0) is 50.7 Å². The first kappa shape index (κ1) is 14.0. The zero-order valence-corrected chi connectivity index (χ0v) is 12.6. The van der Waals surface area contributed by atoms with Crippen LogP contribution in [-0.2, 0) is 6.54 Å². The molecule has 5 heteroatoms. The van der Waals surface area contributed by atoms with E-state index >= 15 is 0 Å². The fourth-order valence-corrected chi connectivity index (χ4v) is 3.21. The van der Waals surface area contributed by atoms with Gasteiger partial charge in [0.05, 0.1) is 5.02 Å². The minimum Gasteiger partial charge on any atom is -0.486 e. The van der Waals surface area contributed by atoms with Crippen molar-refractivity contribution in [2.24, 2.45) is 0 Å². The van der Waals surface area contributed by atoms with Crippen molar-refractivity contribution in [1.82, 2.24) is 10.2 Å². The molecule has 1 aromatic rings. The molecule has 2 aliphatic heterocycles. The number of hydrogen-bond donors (Lipinski definition) is 1. The Morgan fingerprint density at radius 3 is 2.80 bits per heavy atom. The van der Waals surface area contributed by atoms with Gasteiger partial charge in [0.25, 0.3) is 0 Å². The number of rotatable bonds is 3. The maximum atomic E-state index is 6.28. The van der Waals surface area contributed by atoms with E-state index in [4.69, 9.17) is 21.1 Å². The maximum Gasteiger partial charge on any atom is 0.179 e. The van der Waals surface area contributed by atoms with Crippen LogP contribution in [0.15, 0.2) is 12.1 Å². The van der Waals surface area contributed by atoms with Crippen molar-refractivity contribution in [2.75, 3.05) is 33.4 Å². The molecule has 1 saturated heterocycles. The number of benzene rings is 1. The molecule has 0 bridgehead atoms. The SMILES string of the molecule is CN(Cc1cc(Cl)c2c(c1)OCCO2)C1CCNCC1. The Hall–Kier alpha value is -0.970. The zero-order chi connectivity index (χ0) is 13.9. The van der Waals surface area contributed by atoms with Gasteiger partial charge in [-0.15, -0.1) is 0 Å². The number of piperidine rings is 1. The molecule has 0 amide bonds. The lowest BCUT2D eigenvalue weighted by atomic mass is 10.0. The lowest BCUT2D eigenvalue weighted by Crippen LogP contribution is -2.40. The topological polar surface area (TPSA) is 33.7 Å². The molecule has 3 rings (SSSR count). The number of hydrogen-bond acceptors (Lipinski definition) is 4. The van der Waals surface area contributed by atoms with Crippen LogP contribution in [0.4, 0.5) is 0 Å². The standard InChI is InChI=1S/C15H21ClN2O2/c1-18(12-2-4-17-5-3-12)10-11-8-13(16)15-14(9-11)19-6-7-20-15/h8-9,12,17H,2-7,10H2,1H3. The van der Waals surface area contributed by atoms with Crippen molar-refractivity contribution >= 4 is 11.6 Å². The van der Waals surface area contributed by atoms with Crippen LogP contribution in [0, 0.1) is 0 Å². The molecule has 0 radical (unpaired) electrons. The van der Waals surface area contributed by atoms with E-state index in [9.17, 15) is 0 Å². The van der Waals surface area contributed by atoms with E-state index in [0.717, 1.165) is 25.4 Å². The third kappa shape index (κ3) is 3.03. The second-order valence-electron chi connectivity index (χ2n) is 5.50. The van der Waals surface area contributed by atoms with Crippen LogP contribution in [0.5, 0.6) is 11.5 Å². The molecule has 2 aliphatic rings. The second kappa shape index (κ2) is 6.20. The summed E-state index contributed by atoms with van der Waals surface area (Å²) in [6, 6.07) is 4.69. The molecule has 0 atom stereocenters. The summed E-state index contributed by atoms with van der Waals surface area (Å²) in [4.78, 5) is 2.41. The Kier molecular flexibility index (Phi) is 4.34. The molecule has 0 aromatic heterocycles. The van der Waals surface area contributed by atoms with Gasteiger partial charge in [0.2, 0.25) is 0 Å². The molecular weight excluding hydrogens is 276 g/mol. The number of nitrogens with zero attached hydrogens (tertiary/aromatic N) is 1. The van der Waals surface area contributed by atoms with Crippen LogP contribution in [0.1, 0.15) is 18.4 Å². The van der Waals surface area contributed by atoms with Crippen LogP contribution in [0.2, 0.25) is 5.02 Å². The normalized spacial score (nSPS) is 19.4. The van der Waals surface area contributed by atoms with Crippen LogP contribution in [0.3, 0.4) is 0 Å². The molecule has 110 valence electrons. The third-order valence-corrected chi connectivity index (χ3v) is 4.30. The summed E-state index contributed by atoms with van der Waals surface area (Å²) < 4.78 is 11.2. The minimum absolute atomic E-state index is 0.570. The Labute approximate surface area is 125 Å². The monoisotopic (exact) mass is 296 g/mol. The van der Waals surface area contributed by atoms with Crippen molar-refractivity contribution in [2.45, 2.75) is 25.4 Å². The number of fused-ring (bicyclic) bond motifs is 1. The van der Waals surface area contributed by atoms with E-state index in [2.05, 4.69) is 23.3 Å². The van der Waals surface area contributed by atoms with Gasteiger partial charge in [0.1, 0.15) is 13.2 Å². The highest BCUT2D eigenvalue weighted by Gasteiger charge is 2.20. The molecule has 0 saturated carbocycles. The summed E-state index contributed by atoms with van der Waals surface area (Å²) >= 11 is 6.28. The molecule has 0 unspecified atom stereocenters. The Bertz CT molecular complexity index is 475. The molecule has 20 heavy (non-hydrogen) atoms. The number of ether oxygens (including phenoxy) is 2. The molecular formula is C15H21ClN2O2. The summed E-state index contributed by atoms with van der Waals surface area (Å²) in [6.45, 7) is 4.27. The molecule has 2 heterocycles. The molecule has 0 aliphatic carbocycles. The predicted molar refractivity (Wildman–Crippen MR) is 79.8 cm³/mol. The highest BCUT2D eigenvalue weighted by atomic mass is 35.5. The molecule has 0 spiro atoms. The second-order valence-corrected chi connectivity index (χ2v) is 5.91. The summed E-state index contributed by atoms with van der Waals surface area (Å²) in [6.07, 6.45) is 2.41. The van der Waals surface area contributed by atoms with Gasteiger partial charge in [0, 0.05) is 12.6 Å². The van der Waals surface area contributed by atoms with Crippen LogP contribution in [0.25, 0.3) is 0 Å². The lowest BCUT2D eigenvalue weighted by molar-refractivity contribution is 0.170. The van der Waals surface area contributed by atoms with Crippen molar-refractivity contribution in [3.63, 3.8) is 0 Å². The van der Waals surface area contributed by atoms with E-state index in [1.807, 2.05) is 6.07 Å². The van der Waals surface area contributed by atoms with E-state index < -0.39 is 0 Å². The quantitative estimate of drug-likeness (QED) is 0.928. The fourth-order valence-electron chi connectivity index (χ4n) is 2.92. The van der Waals surface area contributed by atoms with Gasteiger partial charge in [0.15, 0.2) is 11.5 Å². The average molecular weight is 297 g/mol. The molecule has 1 aromatic carbocycles. The minimum atomic E-state index is 0.570. The van der Waals surface area contributed by atoms with Crippen LogP contribution >= 0.6 is 11.6 Å². The lowest BCUT2D eigenvalue weighted by Gasteiger charge is -2.32. The van der Waals surface area contributed by atoms with Gasteiger partial charge in [-0.1, -0.05) is 11.6 Å². The largest absolute Gasteiger partial charge is 0.486 e. The van der Waals surface area contributed by atoms with Gasteiger partial charge < -0.3 is 14.8 Å². The number of halogens is 1. The van der Waals surface area contributed by atoms with Gasteiger partial charge in [-0.2, -0.15) is 0 Å². The zero-order valence-electron chi connectivity index (χ0n) is 11.8. The van der Waals surface area contributed by atoms with E-state index in [1.54, 1.807) is 0 Å². The molecule has 4 nitrogen and oxygen atoms in total. The van der Waals surface area contributed by atoms with Crippen molar-refractivity contribution in [3.05, 3.63) is 22.7 Å². The smallest absolute Gasteiger partial charge is 0.179 e. The third-order valence-electron chi connectivity index (χ3n) is 4.02. The van der Waals surface area contributed by atoms with Crippen molar-refractivity contribution < 1.29 is 9.47 Å². The summed E-state index contributed by atoms with van der Waals surface area (Å²) in [5.74, 6) is 1.46. The molecule has 1 N–H and O–H groups in total. The fraction of sp³-hybridized carbons (Fsp3) is 0.600. The van der Waals surface area contributed by atoms with Gasteiger partial charge >= 0.3 is 0 Å². The predicted octanol–water partition coefficient (Wildman–Crippen LogP) is 2.29. The first-order chi connectivity index (χ1) is 9.74. The van der Waals surface area contributed by atoms with Crippen molar-refractivity contribution in [3.8, 4) is 11.5 Å². The van der Waals surface area contributed by atoms with Gasteiger partial charge in [-0.25, -0.2) is 0 Å². The molecule has 1 fully saturated rings. The van der Waals surface area contributed by atoms with Crippen LogP contribution < -0.4 is 14.8 Å². The van der Waals surface area contributed by atoms with E-state index in [-0.39, 0.29) is 0 Å². The first-order valence-electron chi connectivity index (χ1n) is 7.23. The van der Waals surface area contributed by atoms with Crippen LogP contribution in [-0.4, -0.2) is 44.3 Å². The Balaban J connectivity index is 1.72. The highest BCUT2D eigenvalue weighted by molar-refractivity contribution is 6.32. The summed E-state index contributed by atoms with van der Waals surface area (Å²) in [5.41, 5.74) is 1.18. The van der Waals surface area contributed by atoms with E-state index in [0.29, 0.717) is 30.0 Å². The van der Waals surface area contributed by atoms with Gasteiger partial charge in [-0.3, -0.25) is 4.90 Å². The highest BCUT2D eigenvalue weighted by Crippen LogP contribution is 2.38. The maximum absolute atomic E-state index is 6.28. The summed E-state index contributed by atoms with van der Waals surface area (Å²) in [5, 5.41) is 4.05. The first-order valence-corrected chi connectivity index (χ1v) is 7.61.